The molecule has 1 fully saturated rings. The summed E-state index contributed by atoms with van der Waals surface area (Å²) < 4.78 is 5.23. The van der Waals surface area contributed by atoms with E-state index in [2.05, 4.69) is 44.1 Å². The average molecular weight is 517 g/mol. The number of hydrogen-bond acceptors (Lipinski definition) is 7. The molecule has 1 aromatic carbocycles. The minimum absolute atomic E-state index is 0.0332. The number of carbonyl (C=O) groups excluding carboxylic acids is 2. The number of carbonyl (C=O) groups is 2. The Hall–Kier alpha value is -4.01. The smallest absolute Gasteiger partial charge is 0.292 e. The van der Waals surface area contributed by atoms with Gasteiger partial charge >= 0.3 is 0 Å². The van der Waals surface area contributed by atoms with Crippen LogP contribution in [0.15, 0.2) is 53.8 Å². The number of benzene rings is 1. The Morgan fingerprint density at radius 1 is 1.29 bits per heavy atom. The van der Waals surface area contributed by atoms with Gasteiger partial charge in [0.2, 0.25) is 11.8 Å². The number of aryl methyl sites for hydroxylation is 1. The van der Waals surface area contributed by atoms with Crippen LogP contribution in [0.1, 0.15) is 61.2 Å². The SMILES string of the molecule is C=CC(=O)N(C)C1CCCN(c2cnccc2-c2ccc(CNC(=O)c3noc(C(C)(C)C)n3)c(C)c2)C1. The van der Waals surface area contributed by atoms with Crippen LogP contribution in [0.5, 0.6) is 0 Å². The summed E-state index contributed by atoms with van der Waals surface area (Å²) in [6, 6.07) is 8.36. The lowest BCUT2D eigenvalue weighted by molar-refractivity contribution is -0.126. The lowest BCUT2D eigenvalue weighted by atomic mass is 9.97. The van der Waals surface area contributed by atoms with Crippen molar-refractivity contribution in [2.45, 2.75) is 58.5 Å². The Balaban J connectivity index is 1.48. The first kappa shape index (κ1) is 27.0. The zero-order chi connectivity index (χ0) is 27.4. The van der Waals surface area contributed by atoms with Gasteiger partial charge in [-0.15, -0.1) is 0 Å². The molecular weight excluding hydrogens is 480 g/mol. The summed E-state index contributed by atoms with van der Waals surface area (Å²) in [5.41, 5.74) is 4.93. The summed E-state index contributed by atoms with van der Waals surface area (Å²) >= 11 is 0. The minimum atomic E-state index is -0.372. The first-order valence-corrected chi connectivity index (χ1v) is 12.9. The van der Waals surface area contributed by atoms with E-state index < -0.39 is 0 Å². The average Bonchev–Trinajstić information content (AvgIpc) is 3.43. The van der Waals surface area contributed by atoms with Crippen molar-refractivity contribution in [3.63, 3.8) is 0 Å². The van der Waals surface area contributed by atoms with E-state index in [0.717, 1.165) is 53.9 Å². The maximum atomic E-state index is 12.6. The van der Waals surface area contributed by atoms with E-state index in [1.165, 1.54) is 6.08 Å². The third-order valence-electron chi connectivity index (χ3n) is 6.97. The molecule has 9 heteroatoms. The van der Waals surface area contributed by atoms with E-state index in [0.29, 0.717) is 12.4 Å². The van der Waals surface area contributed by atoms with Crippen LogP contribution in [0, 0.1) is 6.92 Å². The number of pyridine rings is 1. The normalized spacial score (nSPS) is 15.7. The van der Waals surface area contributed by atoms with Gasteiger partial charge in [0.25, 0.3) is 11.7 Å². The van der Waals surface area contributed by atoms with E-state index >= 15 is 0 Å². The molecule has 3 heterocycles. The first-order chi connectivity index (χ1) is 18.1. The van der Waals surface area contributed by atoms with Crippen LogP contribution in [0.2, 0.25) is 0 Å². The summed E-state index contributed by atoms with van der Waals surface area (Å²) in [6.45, 7) is 13.5. The number of aromatic nitrogens is 3. The highest BCUT2D eigenvalue weighted by atomic mass is 16.5. The van der Waals surface area contributed by atoms with Gasteiger partial charge < -0.3 is 19.6 Å². The van der Waals surface area contributed by atoms with Crippen LogP contribution in [0.4, 0.5) is 5.69 Å². The van der Waals surface area contributed by atoms with Crippen molar-refractivity contribution in [3.8, 4) is 11.1 Å². The Morgan fingerprint density at radius 3 is 2.76 bits per heavy atom. The molecule has 0 bridgehead atoms. The number of nitrogens with zero attached hydrogens (tertiary/aromatic N) is 5. The number of anilines is 1. The molecule has 1 unspecified atom stereocenters. The Bertz CT molecular complexity index is 1330. The van der Waals surface area contributed by atoms with Crippen molar-refractivity contribution >= 4 is 17.5 Å². The maximum Gasteiger partial charge on any atom is 0.292 e. The van der Waals surface area contributed by atoms with E-state index in [9.17, 15) is 9.59 Å². The Kier molecular flexibility index (Phi) is 7.94. The molecule has 38 heavy (non-hydrogen) atoms. The molecule has 2 aromatic heterocycles. The van der Waals surface area contributed by atoms with Gasteiger partial charge in [-0.2, -0.15) is 4.98 Å². The summed E-state index contributed by atoms with van der Waals surface area (Å²) in [6.07, 6.45) is 7.01. The molecule has 0 radical (unpaired) electrons. The standard InChI is InChI=1S/C29H36N6O3/c1-7-25(36)34(6)22-9-8-14-35(18-22)24-17-30-13-12-23(24)20-10-11-21(19(2)15-20)16-31-27(37)26-32-28(38-33-26)29(3,4)5/h7,10-13,15,17,22H,1,8-9,14,16,18H2,2-6H3,(H,31,37). The van der Waals surface area contributed by atoms with Crippen molar-refractivity contribution in [2.24, 2.45) is 0 Å². The Morgan fingerprint density at radius 2 is 2.08 bits per heavy atom. The quantitative estimate of drug-likeness (QED) is 0.467. The molecule has 9 nitrogen and oxygen atoms in total. The van der Waals surface area contributed by atoms with Gasteiger partial charge in [-0.05, 0) is 48.6 Å². The molecule has 1 atom stereocenters. The van der Waals surface area contributed by atoms with Gasteiger partial charge in [0, 0.05) is 49.9 Å². The topological polar surface area (TPSA) is 104 Å². The predicted molar refractivity (Wildman–Crippen MR) is 147 cm³/mol. The lowest BCUT2D eigenvalue weighted by Crippen LogP contribution is -2.48. The van der Waals surface area contributed by atoms with Crippen LogP contribution in [-0.4, -0.2) is 58.0 Å². The molecule has 4 rings (SSSR count). The molecule has 1 aliphatic heterocycles. The second-order valence-electron chi connectivity index (χ2n) is 10.8. The summed E-state index contributed by atoms with van der Waals surface area (Å²) in [5, 5.41) is 6.71. The molecule has 3 aromatic rings. The number of rotatable bonds is 7. The monoisotopic (exact) mass is 516 g/mol. The highest BCUT2D eigenvalue weighted by molar-refractivity contribution is 5.90. The highest BCUT2D eigenvalue weighted by Crippen LogP contribution is 2.33. The van der Waals surface area contributed by atoms with Gasteiger partial charge in [-0.3, -0.25) is 14.6 Å². The van der Waals surface area contributed by atoms with Crippen molar-refractivity contribution < 1.29 is 14.1 Å². The number of nitrogens with one attached hydrogen (secondary N) is 1. The minimum Gasteiger partial charge on any atom is -0.368 e. The van der Waals surface area contributed by atoms with Crippen molar-refractivity contribution in [2.75, 3.05) is 25.0 Å². The first-order valence-electron chi connectivity index (χ1n) is 12.9. The van der Waals surface area contributed by atoms with E-state index in [4.69, 9.17) is 4.52 Å². The lowest BCUT2D eigenvalue weighted by Gasteiger charge is -2.39. The maximum absolute atomic E-state index is 12.6. The number of piperidine rings is 1. The number of amides is 2. The molecule has 1 N–H and O–H groups in total. The van der Waals surface area contributed by atoms with Gasteiger partial charge in [0.05, 0.1) is 11.9 Å². The second kappa shape index (κ2) is 11.2. The van der Waals surface area contributed by atoms with Crippen LogP contribution in [-0.2, 0) is 16.8 Å². The molecule has 0 spiro atoms. The molecule has 1 saturated heterocycles. The second-order valence-corrected chi connectivity index (χ2v) is 10.8. The van der Waals surface area contributed by atoms with Crippen LogP contribution in [0.3, 0.4) is 0 Å². The van der Waals surface area contributed by atoms with Gasteiger partial charge in [0.1, 0.15) is 0 Å². The molecule has 2 amide bonds. The van der Waals surface area contributed by atoms with Crippen molar-refractivity contribution in [3.05, 3.63) is 72.2 Å². The Labute approximate surface area is 223 Å². The molecular formula is C29H36N6O3. The molecule has 200 valence electrons. The van der Waals surface area contributed by atoms with E-state index in [1.807, 2.05) is 53.1 Å². The van der Waals surface area contributed by atoms with Crippen molar-refractivity contribution in [1.82, 2.24) is 25.3 Å². The van der Waals surface area contributed by atoms with Gasteiger partial charge in [-0.1, -0.05) is 50.7 Å². The van der Waals surface area contributed by atoms with Crippen LogP contribution >= 0.6 is 0 Å². The molecule has 0 aliphatic carbocycles. The van der Waals surface area contributed by atoms with Crippen LogP contribution < -0.4 is 10.2 Å². The van der Waals surface area contributed by atoms with E-state index in [-0.39, 0.29) is 29.1 Å². The molecule has 0 saturated carbocycles. The zero-order valence-electron chi connectivity index (χ0n) is 22.8. The third kappa shape index (κ3) is 5.93. The number of likely N-dealkylation sites (N-methyl/N-ethyl adjacent to an activating group) is 1. The summed E-state index contributed by atoms with van der Waals surface area (Å²) in [7, 11) is 1.84. The predicted octanol–water partition coefficient (Wildman–Crippen LogP) is 4.28. The summed E-state index contributed by atoms with van der Waals surface area (Å²) in [5.74, 6) is 0.0282. The fourth-order valence-corrected chi connectivity index (χ4v) is 4.63. The highest BCUT2D eigenvalue weighted by Gasteiger charge is 2.27. The third-order valence-corrected chi connectivity index (χ3v) is 6.97. The fourth-order valence-electron chi connectivity index (χ4n) is 4.63. The van der Waals surface area contributed by atoms with Crippen molar-refractivity contribution in [1.29, 1.82) is 0 Å². The molecule has 1 aliphatic rings. The largest absolute Gasteiger partial charge is 0.368 e. The van der Waals surface area contributed by atoms with Crippen LogP contribution in [0.25, 0.3) is 11.1 Å². The summed E-state index contributed by atoms with van der Waals surface area (Å²) in [4.78, 5) is 37.5. The fraction of sp³-hybridized carbons (Fsp3) is 0.414. The zero-order valence-corrected chi connectivity index (χ0v) is 22.8. The van der Waals surface area contributed by atoms with Gasteiger partial charge in [-0.25, -0.2) is 0 Å². The number of hydrogen-bond donors (Lipinski definition) is 1. The van der Waals surface area contributed by atoms with E-state index in [1.54, 1.807) is 11.1 Å². The van der Waals surface area contributed by atoms with Gasteiger partial charge in [0.15, 0.2) is 0 Å².